The van der Waals surface area contributed by atoms with E-state index in [0.29, 0.717) is 29.2 Å². The van der Waals surface area contributed by atoms with E-state index in [1.165, 1.54) is 6.07 Å². The second kappa shape index (κ2) is 7.00. The maximum Gasteiger partial charge on any atom is 0.322 e. The minimum Gasteiger partial charge on any atom is -0.319 e. The van der Waals surface area contributed by atoms with E-state index in [1.54, 1.807) is 35.2 Å². The van der Waals surface area contributed by atoms with Crippen LogP contribution in [0, 0.1) is 11.6 Å². The van der Waals surface area contributed by atoms with Crippen molar-refractivity contribution < 1.29 is 13.6 Å². The van der Waals surface area contributed by atoms with Gasteiger partial charge in [0.15, 0.2) is 11.6 Å². The molecule has 6 heteroatoms. The van der Waals surface area contributed by atoms with Crippen LogP contribution in [0.4, 0.5) is 19.3 Å². The van der Waals surface area contributed by atoms with Gasteiger partial charge in [-0.3, -0.25) is 0 Å². The largest absolute Gasteiger partial charge is 0.322 e. The van der Waals surface area contributed by atoms with Crippen molar-refractivity contribution >= 4 is 23.3 Å². The SMILES string of the molecule is CC1(Cc2ccc(F)c(F)c2)CCCN1C(=O)Nc1ccc(Cl)cc1. The lowest BCUT2D eigenvalue weighted by Crippen LogP contribution is -2.48. The fourth-order valence-corrected chi connectivity index (χ4v) is 3.49. The molecule has 1 fully saturated rings. The predicted octanol–water partition coefficient (Wildman–Crippen LogP) is 5.25. The Hall–Kier alpha value is -2.14. The average Bonchev–Trinajstić information content (AvgIpc) is 2.94. The van der Waals surface area contributed by atoms with Crippen LogP contribution in [0.3, 0.4) is 0 Å². The van der Waals surface area contributed by atoms with Gasteiger partial charge in [-0.25, -0.2) is 13.6 Å². The molecule has 2 amide bonds. The molecule has 0 radical (unpaired) electrons. The molecule has 3 nitrogen and oxygen atoms in total. The Morgan fingerprint density at radius 1 is 1.20 bits per heavy atom. The third-order valence-electron chi connectivity index (χ3n) is 4.66. The summed E-state index contributed by atoms with van der Waals surface area (Å²) in [6.45, 7) is 2.60. The number of nitrogens with zero attached hydrogens (tertiary/aromatic N) is 1. The predicted molar refractivity (Wildman–Crippen MR) is 94.9 cm³/mol. The minimum absolute atomic E-state index is 0.204. The molecule has 0 saturated carbocycles. The first-order valence-corrected chi connectivity index (χ1v) is 8.53. The Labute approximate surface area is 150 Å². The van der Waals surface area contributed by atoms with E-state index < -0.39 is 17.2 Å². The molecule has 25 heavy (non-hydrogen) atoms. The third-order valence-corrected chi connectivity index (χ3v) is 4.91. The molecule has 132 valence electrons. The van der Waals surface area contributed by atoms with Crippen molar-refractivity contribution in [3.8, 4) is 0 Å². The highest BCUT2D eigenvalue weighted by Gasteiger charge is 2.39. The van der Waals surface area contributed by atoms with Crippen molar-refractivity contribution in [1.29, 1.82) is 0 Å². The highest BCUT2D eigenvalue weighted by molar-refractivity contribution is 6.30. The van der Waals surface area contributed by atoms with Crippen molar-refractivity contribution in [2.45, 2.75) is 31.7 Å². The van der Waals surface area contributed by atoms with Gasteiger partial charge >= 0.3 is 6.03 Å². The highest BCUT2D eigenvalue weighted by atomic mass is 35.5. The van der Waals surface area contributed by atoms with E-state index in [1.807, 2.05) is 6.92 Å². The van der Waals surface area contributed by atoms with Crippen LogP contribution in [0.25, 0.3) is 0 Å². The molecule has 0 aromatic heterocycles. The molecular formula is C19H19ClF2N2O. The van der Waals surface area contributed by atoms with Crippen molar-refractivity contribution in [3.05, 3.63) is 64.7 Å². The number of hydrogen-bond acceptors (Lipinski definition) is 1. The number of nitrogens with one attached hydrogen (secondary N) is 1. The summed E-state index contributed by atoms with van der Waals surface area (Å²) in [7, 11) is 0. The van der Waals surface area contributed by atoms with Gasteiger partial charge in [-0.05, 0) is 68.1 Å². The van der Waals surface area contributed by atoms with E-state index in [4.69, 9.17) is 11.6 Å². The Morgan fingerprint density at radius 3 is 2.60 bits per heavy atom. The summed E-state index contributed by atoms with van der Waals surface area (Å²) in [5.74, 6) is -1.73. The van der Waals surface area contributed by atoms with Gasteiger partial charge in [-0.2, -0.15) is 0 Å². The van der Waals surface area contributed by atoms with E-state index in [0.717, 1.165) is 18.9 Å². The summed E-state index contributed by atoms with van der Waals surface area (Å²) in [5.41, 5.74) is 0.893. The van der Waals surface area contributed by atoms with Crippen LogP contribution in [0.5, 0.6) is 0 Å². The lowest BCUT2D eigenvalue weighted by molar-refractivity contribution is 0.168. The zero-order valence-electron chi connectivity index (χ0n) is 13.9. The minimum atomic E-state index is -0.865. The monoisotopic (exact) mass is 364 g/mol. The number of likely N-dealkylation sites (tertiary alicyclic amines) is 1. The van der Waals surface area contributed by atoms with Gasteiger partial charge in [0.05, 0.1) is 0 Å². The number of rotatable bonds is 3. The Morgan fingerprint density at radius 2 is 1.92 bits per heavy atom. The summed E-state index contributed by atoms with van der Waals surface area (Å²) < 4.78 is 26.6. The van der Waals surface area contributed by atoms with Crippen molar-refractivity contribution in [3.63, 3.8) is 0 Å². The number of benzene rings is 2. The first-order valence-electron chi connectivity index (χ1n) is 8.15. The molecule has 1 aliphatic rings. The lowest BCUT2D eigenvalue weighted by Gasteiger charge is -2.35. The molecular weight excluding hydrogens is 346 g/mol. The second-order valence-electron chi connectivity index (χ2n) is 6.61. The first-order chi connectivity index (χ1) is 11.9. The number of hydrogen-bond donors (Lipinski definition) is 1. The molecule has 0 spiro atoms. The topological polar surface area (TPSA) is 32.3 Å². The number of amides is 2. The molecule has 3 rings (SSSR count). The highest BCUT2D eigenvalue weighted by Crippen LogP contribution is 2.33. The Balaban J connectivity index is 1.74. The van der Waals surface area contributed by atoms with Gasteiger partial charge < -0.3 is 10.2 Å². The van der Waals surface area contributed by atoms with Gasteiger partial charge in [0.1, 0.15) is 0 Å². The standard InChI is InChI=1S/C19H19ClF2N2O/c1-19(12-13-3-8-16(21)17(22)11-13)9-2-10-24(19)18(25)23-15-6-4-14(20)5-7-15/h3-8,11H,2,9-10,12H2,1H3,(H,23,25). The van der Waals surface area contributed by atoms with Gasteiger partial charge in [0.2, 0.25) is 0 Å². The summed E-state index contributed by atoms with van der Waals surface area (Å²) in [4.78, 5) is 14.4. The fourth-order valence-electron chi connectivity index (χ4n) is 3.37. The molecule has 1 atom stereocenters. The summed E-state index contributed by atoms with van der Waals surface area (Å²) >= 11 is 5.85. The summed E-state index contributed by atoms with van der Waals surface area (Å²) in [5, 5.41) is 3.47. The zero-order chi connectivity index (χ0) is 18.0. The van der Waals surface area contributed by atoms with Crippen LogP contribution in [-0.4, -0.2) is 23.0 Å². The number of carbonyl (C=O) groups excluding carboxylic acids is 1. The summed E-state index contributed by atoms with van der Waals surface area (Å²) in [6, 6.07) is 10.6. The maximum absolute atomic E-state index is 13.5. The smallest absolute Gasteiger partial charge is 0.319 e. The van der Waals surface area contributed by atoms with Crippen molar-refractivity contribution in [2.75, 3.05) is 11.9 Å². The summed E-state index contributed by atoms with van der Waals surface area (Å²) in [6.07, 6.45) is 2.15. The van der Waals surface area contributed by atoms with Crippen LogP contribution < -0.4 is 5.32 Å². The zero-order valence-corrected chi connectivity index (χ0v) is 14.6. The molecule has 2 aromatic rings. The number of anilines is 1. The molecule has 1 heterocycles. The Kier molecular flexibility index (Phi) is 4.95. The van der Waals surface area contributed by atoms with Crippen molar-refractivity contribution in [2.24, 2.45) is 0 Å². The molecule has 1 N–H and O–H groups in total. The molecule has 1 saturated heterocycles. The van der Waals surface area contributed by atoms with E-state index in [-0.39, 0.29) is 6.03 Å². The molecule has 0 aliphatic carbocycles. The van der Waals surface area contributed by atoms with Gasteiger partial charge in [0.25, 0.3) is 0 Å². The lowest BCUT2D eigenvalue weighted by atomic mass is 9.90. The van der Waals surface area contributed by atoms with Crippen LogP contribution in [0.1, 0.15) is 25.3 Å². The fraction of sp³-hybridized carbons (Fsp3) is 0.316. The van der Waals surface area contributed by atoms with Crippen LogP contribution >= 0.6 is 11.6 Å². The molecule has 1 unspecified atom stereocenters. The van der Waals surface area contributed by atoms with Gasteiger partial charge in [-0.1, -0.05) is 17.7 Å². The van der Waals surface area contributed by atoms with Gasteiger partial charge in [0, 0.05) is 22.8 Å². The van der Waals surface area contributed by atoms with Crippen LogP contribution in [0.15, 0.2) is 42.5 Å². The average molecular weight is 365 g/mol. The molecule has 1 aliphatic heterocycles. The van der Waals surface area contributed by atoms with E-state index in [9.17, 15) is 13.6 Å². The normalized spacial score (nSPS) is 19.9. The third kappa shape index (κ3) is 3.93. The van der Waals surface area contributed by atoms with E-state index in [2.05, 4.69) is 5.32 Å². The van der Waals surface area contributed by atoms with Crippen LogP contribution in [-0.2, 0) is 6.42 Å². The first kappa shape index (κ1) is 17.7. The van der Waals surface area contributed by atoms with Crippen molar-refractivity contribution in [1.82, 2.24) is 4.90 Å². The number of halogens is 3. The van der Waals surface area contributed by atoms with Gasteiger partial charge in [-0.15, -0.1) is 0 Å². The van der Waals surface area contributed by atoms with E-state index >= 15 is 0 Å². The Bertz CT molecular complexity index is 781. The second-order valence-corrected chi connectivity index (χ2v) is 7.05. The maximum atomic E-state index is 13.5. The number of urea groups is 1. The quantitative estimate of drug-likeness (QED) is 0.792. The van der Waals surface area contributed by atoms with Crippen LogP contribution in [0.2, 0.25) is 5.02 Å². The molecule has 0 bridgehead atoms. The molecule has 2 aromatic carbocycles. The number of carbonyl (C=O) groups is 1.